The highest BCUT2D eigenvalue weighted by Gasteiger charge is 2.11. The summed E-state index contributed by atoms with van der Waals surface area (Å²) in [6.45, 7) is 11.9. The van der Waals surface area contributed by atoms with Gasteiger partial charge >= 0.3 is 0 Å². The lowest BCUT2D eigenvalue weighted by molar-refractivity contribution is 0.337. The molecule has 2 heterocycles. The molecule has 21 heavy (non-hydrogen) atoms. The van der Waals surface area contributed by atoms with Crippen LogP contribution in [0.2, 0.25) is 0 Å². The van der Waals surface area contributed by atoms with E-state index < -0.39 is 0 Å². The third kappa shape index (κ3) is 5.16. The first-order valence-corrected chi connectivity index (χ1v) is 8.28. The van der Waals surface area contributed by atoms with Gasteiger partial charge in [-0.05, 0) is 45.8 Å². The molecule has 1 saturated heterocycles. The fraction of sp³-hybridized carbons (Fsp3) is 0.750. The Morgan fingerprint density at radius 2 is 1.81 bits per heavy atom. The maximum absolute atomic E-state index is 4.61. The van der Waals surface area contributed by atoms with E-state index in [-0.39, 0.29) is 0 Å². The lowest BCUT2D eigenvalue weighted by Crippen LogP contribution is -2.22. The number of aromatic nitrogens is 2. The van der Waals surface area contributed by atoms with Gasteiger partial charge in [-0.1, -0.05) is 13.8 Å². The second-order valence-corrected chi connectivity index (χ2v) is 6.01. The summed E-state index contributed by atoms with van der Waals surface area (Å²) in [5, 5.41) is 6.72. The Morgan fingerprint density at radius 3 is 2.43 bits per heavy atom. The van der Waals surface area contributed by atoms with E-state index in [0.29, 0.717) is 5.92 Å². The Bertz CT molecular complexity index is 427. The van der Waals surface area contributed by atoms with E-state index in [2.05, 4.69) is 46.3 Å². The van der Waals surface area contributed by atoms with Gasteiger partial charge in [0, 0.05) is 25.1 Å². The maximum Gasteiger partial charge on any atom is 0.135 e. The topological polar surface area (TPSA) is 53.1 Å². The maximum atomic E-state index is 4.61. The summed E-state index contributed by atoms with van der Waals surface area (Å²) in [7, 11) is 0. The van der Waals surface area contributed by atoms with Gasteiger partial charge < -0.3 is 15.5 Å². The number of likely N-dealkylation sites (tertiary alicyclic amines) is 1. The van der Waals surface area contributed by atoms with Crippen LogP contribution in [0.4, 0.5) is 11.6 Å². The highest BCUT2D eigenvalue weighted by atomic mass is 15.1. The molecule has 0 saturated carbocycles. The standard InChI is InChI=1S/C16H29N5/c1-4-17-14-12-15(20-16(19-14)13(2)3)18-8-7-11-21-9-5-6-10-21/h12-13H,4-11H2,1-3H3,(H2,17,18,19,20). The summed E-state index contributed by atoms with van der Waals surface area (Å²) in [5.74, 6) is 3.09. The van der Waals surface area contributed by atoms with E-state index in [1.165, 1.54) is 32.5 Å². The molecule has 0 bridgehead atoms. The van der Waals surface area contributed by atoms with Crippen molar-refractivity contribution < 1.29 is 0 Å². The van der Waals surface area contributed by atoms with Gasteiger partial charge in [0.15, 0.2) is 0 Å². The van der Waals surface area contributed by atoms with Crippen molar-refractivity contribution in [2.45, 2.75) is 46.0 Å². The zero-order valence-corrected chi connectivity index (χ0v) is 13.7. The van der Waals surface area contributed by atoms with Crippen LogP contribution in [0.25, 0.3) is 0 Å². The van der Waals surface area contributed by atoms with Gasteiger partial charge in [-0.15, -0.1) is 0 Å². The average molecular weight is 291 g/mol. The normalized spacial score (nSPS) is 15.6. The Balaban J connectivity index is 1.85. The van der Waals surface area contributed by atoms with Crippen LogP contribution in [-0.2, 0) is 0 Å². The summed E-state index contributed by atoms with van der Waals surface area (Å²) >= 11 is 0. The molecule has 5 nitrogen and oxygen atoms in total. The fourth-order valence-electron chi connectivity index (χ4n) is 2.61. The van der Waals surface area contributed by atoms with E-state index in [1.54, 1.807) is 0 Å². The van der Waals surface area contributed by atoms with Crippen molar-refractivity contribution in [3.05, 3.63) is 11.9 Å². The Morgan fingerprint density at radius 1 is 1.14 bits per heavy atom. The van der Waals surface area contributed by atoms with Gasteiger partial charge in [0.2, 0.25) is 0 Å². The summed E-state index contributed by atoms with van der Waals surface area (Å²) in [6.07, 6.45) is 3.89. The highest BCUT2D eigenvalue weighted by Crippen LogP contribution is 2.17. The predicted octanol–water partition coefficient (Wildman–Crippen LogP) is 2.93. The predicted molar refractivity (Wildman–Crippen MR) is 89.1 cm³/mol. The molecule has 1 aromatic rings. The van der Waals surface area contributed by atoms with Crippen molar-refractivity contribution >= 4 is 11.6 Å². The number of nitrogens with zero attached hydrogens (tertiary/aromatic N) is 3. The minimum atomic E-state index is 0.341. The van der Waals surface area contributed by atoms with E-state index in [0.717, 1.165) is 37.0 Å². The van der Waals surface area contributed by atoms with Crippen LogP contribution in [-0.4, -0.2) is 47.6 Å². The first-order chi connectivity index (χ1) is 10.2. The SMILES string of the molecule is CCNc1cc(NCCCN2CCCC2)nc(C(C)C)n1. The van der Waals surface area contributed by atoms with Gasteiger partial charge in [-0.2, -0.15) is 0 Å². The molecule has 2 rings (SSSR count). The van der Waals surface area contributed by atoms with Gasteiger partial charge in [-0.25, -0.2) is 9.97 Å². The molecule has 1 aliphatic rings. The van der Waals surface area contributed by atoms with Crippen molar-refractivity contribution in [3.8, 4) is 0 Å². The number of hydrogen-bond acceptors (Lipinski definition) is 5. The zero-order valence-electron chi connectivity index (χ0n) is 13.7. The monoisotopic (exact) mass is 291 g/mol. The zero-order chi connectivity index (χ0) is 15.1. The molecular formula is C16H29N5. The quantitative estimate of drug-likeness (QED) is 0.721. The molecule has 0 atom stereocenters. The third-order valence-corrected chi connectivity index (χ3v) is 3.77. The largest absolute Gasteiger partial charge is 0.370 e. The van der Waals surface area contributed by atoms with Crippen LogP contribution in [0.15, 0.2) is 6.07 Å². The van der Waals surface area contributed by atoms with Crippen LogP contribution >= 0.6 is 0 Å². The van der Waals surface area contributed by atoms with Crippen LogP contribution in [0.1, 0.15) is 51.8 Å². The molecule has 118 valence electrons. The van der Waals surface area contributed by atoms with Crippen LogP contribution in [0.3, 0.4) is 0 Å². The molecular weight excluding hydrogens is 262 g/mol. The molecule has 0 spiro atoms. The first-order valence-electron chi connectivity index (χ1n) is 8.28. The van der Waals surface area contributed by atoms with Gasteiger partial charge in [0.1, 0.15) is 17.5 Å². The molecule has 2 N–H and O–H groups in total. The van der Waals surface area contributed by atoms with E-state index in [4.69, 9.17) is 0 Å². The molecule has 0 amide bonds. The lowest BCUT2D eigenvalue weighted by Gasteiger charge is -2.15. The average Bonchev–Trinajstić information content (AvgIpc) is 2.97. The molecule has 0 radical (unpaired) electrons. The second kappa shape index (κ2) is 8.17. The van der Waals surface area contributed by atoms with Gasteiger partial charge in [0.25, 0.3) is 0 Å². The fourth-order valence-corrected chi connectivity index (χ4v) is 2.61. The molecule has 5 heteroatoms. The minimum absolute atomic E-state index is 0.341. The number of anilines is 2. The van der Waals surface area contributed by atoms with E-state index in [1.807, 2.05) is 6.07 Å². The summed E-state index contributed by atoms with van der Waals surface area (Å²) in [6, 6.07) is 2.01. The van der Waals surface area contributed by atoms with Crippen LogP contribution in [0.5, 0.6) is 0 Å². The molecule has 0 unspecified atom stereocenters. The molecule has 1 fully saturated rings. The van der Waals surface area contributed by atoms with Crippen LogP contribution in [0, 0.1) is 0 Å². The van der Waals surface area contributed by atoms with Crippen molar-refractivity contribution in [2.24, 2.45) is 0 Å². The van der Waals surface area contributed by atoms with Crippen molar-refractivity contribution in [1.82, 2.24) is 14.9 Å². The second-order valence-electron chi connectivity index (χ2n) is 6.01. The van der Waals surface area contributed by atoms with Crippen molar-refractivity contribution in [1.29, 1.82) is 0 Å². The van der Waals surface area contributed by atoms with Gasteiger partial charge in [0.05, 0.1) is 0 Å². The van der Waals surface area contributed by atoms with Crippen molar-refractivity contribution in [3.63, 3.8) is 0 Å². The molecule has 0 aliphatic carbocycles. The minimum Gasteiger partial charge on any atom is -0.370 e. The van der Waals surface area contributed by atoms with Crippen molar-refractivity contribution in [2.75, 3.05) is 43.4 Å². The third-order valence-electron chi connectivity index (χ3n) is 3.77. The summed E-state index contributed by atoms with van der Waals surface area (Å²) < 4.78 is 0. The molecule has 1 aliphatic heterocycles. The number of hydrogen-bond donors (Lipinski definition) is 2. The highest BCUT2D eigenvalue weighted by molar-refractivity contribution is 5.47. The summed E-state index contributed by atoms with van der Waals surface area (Å²) in [4.78, 5) is 11.7. The number of nitrogens with one attached hydrogen (secondary N) is 2. The molecule has 1 aromatic heterocycles. The van der Waals surface area contributed by atoms with E-state index in [9.17, 15) is 0 Å². The lowest BCUT2D eigenvalue weighted by atomic mass is 10.2. The first kappa shape index (κ1) is 16.0. The Labute approximate surface area is 128 Å². The van der Waals surface area contributed by atoms with E-state index >= 15 is 0 Å². The van der Waals surface area contributed by atoms with Crippen LogP contribution < -0.4 is 10.6 Å². The van der Waals surface area contributed by atoms with Gasteiger partial charge in [-0.3, -0.25) is 0 Å². The number of rotatable bonds is 8. The summed E-state index contributed by atoms with van der Waals surface area (Å²) in [5.41, 5.74) is 0. The smallest absolute Gasteiger partial charge is 0.135 e. The Hall–Kier alpha value is -1.36. The molecule has 0 aromatic carbocycles. The Kier molecular flexibility index (Phi) is 6.23.